The van der Waals surface area contributed by atoms with Gasteiger partial charge in [0.15, 0.2) is 5.60 Å². The van der Waals surface area contributed by atoms with Crippen LogP contribution in [0.5, 0.6) is 5.75 Å². The second-order valence-corrected chi connectivity index (χ2v) is 6.81. The van der Waals surface area contributed by atoms with E-state index < -0.39 is 23.5 Å². The number of carboxylic acid groups (broad SMARTS) is 1. The molecule has 1 unspecified atom stereocenters. The molecule has 7 nitrogen and oxygen atoms in total. The summed E-state index contributed by atoms with van der Waals surface area (Å²) < 4.78 is 5.73. The summed E-state index contributed by atoms with van der Waals surface area (Å²) in [5, 5.41) is 12.0. The van der Waals surface area contributed by atoms with Crippen molar-refractivity contribution in [1.29, 1.82) is 0 Å². The average Bonchev–Trinajstić information content (AvgIpc) is 2.62. The largest absolute Gasteiger partial charge is 0.478 e. The molecule has 1 atom stereocenters. The molecule has 0 fully saturated rings. The third kappa shape index (κ3) is 3.48. The molecule has 2 amide bonds. The molecule has 0 spiro atoms. The van der Waals surface area contributed by atoms with E-state index in [2.05, 4.69) is 5.32 Å². The summed E-state index contributed by atoms with van der Waals surface area (Å²) in [4.78, 5) is 38.3. The molecular formula is C20H20N2O5. The quantitative estimate of drug-likeness (QED) is 0.865. The Kier molecular flexibility index (Phi) is 4.61. The summed E-state index contributed by atoms with van der Waals surface area (Å²) in [5.74, 6) is -1.59. The van der Waals surface area contributed by atoms with Gasteiger partial charge in [-0.05, 0) is 51.1 Å². The van der Waals surface area contributed by atoms with Gasteiger partial charge in [0, 0.05) is 5.69 Å². The van der Waals surface area contributed by atoms with Crippen LogP contribution in [0.1, 0.15) is 31.1 Å². The maximum absolute atomic E-state index is 13.0. The summed E-state index contributed by atoms with van der Waals surface area (Å²) >= 11 is 0. The third-order valence-electron chi connectivity index (χ3n) is 4.37. The number of nitrogens with zero attached hydrogens (tertiary/aromatic N) is 1. The van der Waals surface area contributed by atoms with E-state index in [0.29, 0.717) is 11.4 Å². The Balaban J connectivity index is 1.99. The van der Waals surface area contributed by atoms with E-state index in [1.54, 1.807) is 45.0 Å². The number of anilines is 2. The number of hydrogen-bond acceptors (Lipinski definition) is 4. The second-order valence-electron chi connectivity index (χ2n) is 6.81. The molecule has 140 valence electrons. The minimum absolute atomic E-state index is 0.00511. The van der Waals surface area contributed by atoms with Gasteiger partial charge < -0.3 is 15.2 Å². The number of nitrogens with one attached hydrogen (secondary N) is 1. The summed E-state index contributed by atoms with van der Waals surface area (Å²) in [6, 6.07) is 12.3. The highest BCUT2D eigenvalue weighted by molar-refractivity contribution is 6.09. The van der Waals surface area contributed by atoms with Crippen LogP contribution < -0.4 is 15.0 Å². The molecule has 0 bridgehead atoms. The Morgan fingerprint density at radius 2 is 1.81 bits per heavy atom. The van der Waals surface area contributed by atoms with Crippen molar-refractivity contribution in [2.75, 3.05) is 10.2 Å². The van der Waals surface area contributed by atoms with Crippen molar-refractivity contribution in [3.8, 4) is 5.75 Å². The molecule has 0 saturated carbocycles. The highest BCUT2D eigenvalue weighted by Gasteiger charge is 2.44. The summed E-state index contributed by atoms with van der Waals surface area (Å²) in [6.07, 6.45) is 0. The molecule has 0 radical (unpaired) electrons. The molecule has 27 heavy (non-hydrogen) atoms. The predicted molar refractivity (Wildman–Crippen MR) is 100 cm³/mol. The van der Waals surface area contributed by atoms with Crippen LogP contribution in [0.25, 0.3) is 0 Å². The van der Waals surface area contributed by atoms with E-state index in [4.69, 9.17) is 4.74 Å². The van der Waals surface area contributed by atoms with Crippen LogP contribution in [0.2, 0.25) is 0 Å². The Hall–Kier alpha value is -3.35. The van der Waals surface area contributed by atoms with Gasteiger partial charge in [0.1, 0.15) is 11.8 Å². The number of amides is 2. The Morgan fingerprint density at radius 3 is 2.44 bits per heavy atom. The number of hydrogen-bond donors (Lipinski definition) is 2. The minimum Gasteiger partial charge on any atom is -0.478 e. The smallest absolute Gasteiger partial charge is 0.335 e. The first-order valence-electron chi connectivity index (χ1n) is 8.46. The number of carbonyl (C=O) groups excluding carboxylic acids is 2. The van der Waals surface area contributed by atoms with Gasteiger partial charge >= 0.3 is 5.97 Å². The molecule has 2 N–H and O–H groups in total. The molecule has 2 aromatic carbocycles. The second kappa shape index (κ2) is 6.75. The van der Waals surface area contributed by atoms with E-state index in [0.717, 1.165) is 0 Å². The third-order valence-corrected chi connectivity index (χ3v) is 4.37. The molecule has 3 rings (SSSR count). The van der Waals surface area contributed by atoms with Crippen LogP contribution >= 0.6 is 0 Å². The van der Waals surface area contributed by atoms with Crippen LogP contribution in [0, 0.1) is 0 Å². The van der Waals surface area contributed by atoms with Crippen molar-refractivity contribution in [1.82, 2.24) is 0 Å². The van der Waals surface area contributed by atoms with Gasteiger partial charge in [-0.25, -0.2) is 4.79 Å². The van der Waals surface area contributed by atoms with Crippen molar-refractivity contribution < 1.29 is 24.2 Å². The van der Waals surface area contributed by atoms with Gasteiger partial charge in [0.25, 0.3) is 5.91 Å². The molecule has 1 aliphatic heterocycles. The first-order chi connectivity index (χ1) is 12.7. The number of ether oxygens (including phenoxy) is 1. The van der Waals surface area contributed by atoms with E-state index in [1.165, 1.54) is 23.1 Å². The standard InChI is InChI=1S/C20H20N2O5/c1-12(17(23)21-14-7-5-4-6-8-14)22-15-11-13(18(24)25)9-10-16(15)27-20(2,3)19(22)26/h4-12H,1-3H3,(H,21,23)(H,24,25). The van der Waals surface area contributed by atoms with E-state index >= 15 is 0 Å². The van der Waals surface area contributed by atoms with E-state index in [-0.39, 0.29) is 17.2 Å². The SMILES string of the molecule is CC(C(=O)Nc1ccccc1)N1C(=O)C(C)(C)Oc2ccc(C(=O)O)cc21. The number of carbonyl (C=O) groups is 3. The fourth-order valence-electron chi connectivity index (χ4n) is 2.91. The first kappa shape index (κ1) is 18.4. The Morgan fingerprint density at radius 1 is 1.15 bits per heavy atom. The van der Waals surface area contributed by atoms with Crippen LogP contribution in [-0.2, 0) is 9.59 Å². The van der Waals surface area contributed by atoms with Crippen LogP contribution in [0.4, 0.5) is 11.4 Å². The predicted octanol–water partition coefficient (Wildman–Crippen LogP) is 2.92. The molecule has 0 saturated heterocycles. The average molecular weight is 368 g/mol. The molecule has 0 aromatic heterocycles. The number of rotatable bonds is 4. The zero-order chi connectivity index (χ0) is 19.8. The van der Waals surface area contributed by atoms with Crippen molar-refractivity contribution in [2.24, 2.45) is 0 Å². The lowest BCUT2D eigenvalue weighted by Gasteiger charge is -2.41. The lowest BCUT2D eigenvalue weighted by Crippen LogP contribution is -2.58. The van der Waals surface area contributed by atoms with Gasteiger partial charge in [-0.3, -0.25) is 14.5 Å². The highest BCUT2D eigenvalue weighted by atomic mass is 16.5. The van der Waals surface area contributed by atoms with E-state index in [1.807, 2.05) is 6.07 Å². The molecule has 7 heteroatoms. The fourth-order valence-corrected chi connectivity index (χ4v) is 2.91. The van der Waals surface area contributed by atoms with E-state index in [9.17, 15) is 19.5 Å². The van der Waals surface area contributed by atoms with Crippen molar-refractivity contribution in [3.05, 3.63) is 54.1 Å². The maximum atomic E-state index is 13.0. The number of aromatic carboxylic acids is 1. The summed E-state index contributed by atoms with van der Waals surface area (Å²) in [5.41, 5.74) is -0.312. The van der Waals surface area contributed by atoms with Gasteiger partial charge in [-0.2, -0.15) is 0 Å². The van der Waals surface area contributed by atoms with Crippen LogP contribution in [0.15, 0.2) is 48.5 Å². The fraction of sp³-hybridized carbons (Fsp3) is 0.250. The minimum atomic E-state index is -1.18. The van der Waals surface area contributed by atoms with Crippen LogP contribution in [-0.4, -0.2) is 34.5 Å². The molecule has 2 aromatic rings. The van der Waals surface area contributed by atoms with Gasteiger partial charge in [0.2, 0.25) is 5.91 Å². The van der Waals surface area contributed by atoms with Gasteiger partial charge in [0.05, 0.1) is 11.3 Å². The lowest BCUT2D eigenvalue weighted by atomic mass is 10.0. The highest BCUT2D eigenvalue weighted by Crippen LogP contribution is 2.39. The zero-order valence-corrected chi connectivity index (χ0v) is 15.2. The maximum Gasteiger partial charge on any atom is 0.335 e. The number of carboxylic acids is 1. The molecule has 0 aliphatic carbocycles. The monoisotopic (exact) mass is 368 g/mol. The topological polar surface area (TPSA) is 95.9 Å². The van der Waals surface area contributed by atoms with Gasteiger partial charge in [-0.15, -0.1) is 0 Å². The normalized spacial score (nSPS) is 16.1. The Labute approximate surface area is 156 Å². The summed E-state index contributed by atoms with van der Waals surface area (Å²) in [7, 11) is 0. The number of fused-ring (bicyclic) bond motifs is 1. The first-order valence-corrected chi connectivity index (χ1v) is 8.46. The molecule has 1 heterocycles. The molecule has 1 aliphatic rings. The number of benzene rings is 2. The number of para-hydroxylation sites is 1. The zero-order valence-electron chi connectivity index (χ0n) is 15.2. The lowest BCUT2D eigenvalue weighted by molar-refractivity contribution is -0.134. The Bertz CT molecular complexity index is 908. The van der Waals surface area contributed by atoms with Crippen LogP contribution in [0.3, 0.4) is 0 Å². The molecular weight excluding hydrogens is 348 g/mol. The van der Waals surface area contributed by atoms with Crippen molar-refractivity contribution in [3.63, 3.8) is 0 Å². The summed E-state index contributed by atoms with van der Waals surface area (Å²) in [6.45, 7) is 4.81. The van der Waals surface area contributed by atoms with Gasteiger partial charge in [-0.1, -0.05) is 18.2 Å². The van der Waals surface area contributed by atoms with Crippen molar-refractivity contribution in [2.45, 2.75) is 32.4 Å². The van der Waals surface area contributed by atoms with Crippen molar-refractivity contribution >= 4 is 29.2 Å².